The van der Waals surface area contributed by atoms with E-state index < -0.39 is 30.1 Å². The van der Waals surface area contributed by atoms with E-state index in [1.54, 1.807) is 12.1 Å². The Labute approximate surface area is 197 Å². The molecule has 0 saturated carbocycles. The van der Waals surface area contributed by atoms with Crippen molar-refractivity contribution in [2.75, 3.05) is 39.9 Å². The molecule has 0 spiro atoms. The Morgan fingerprint density at radius 1 is 1.06 bits per heavy atom. The molecule has 1 aliphatic heterocycles. The van der Waals surface area contributed by atoms with E-state index in [0.29, 0.717) is 22.7 Å². The van der Waals surface area contributed by atoms with Gasteiger partial charge < -0.3 is 23.8 Å². The van der Waals surface area contributed by atoms with Crippen molar-refractivity contribution in [3.63, 3.8) is 0 Å². The first-order chi connectivity index (χ1) is 16.4. The van der Waals surface area contributed by atoms with Gasteiger partial charge in [-0.1, -0.05) is 0 Å². The molecule has 1 aliphatic rings. The number of benzene rings is 2. The van der Waals surface area contributed by atoms with Gasteiger partial charge in [0.1, 0.15) is 6.04 Å². The first-order valence-corrected chi connectivity index (χ1v) is 10.3. The third-order valence-electron chi connectivity index (χ3n) is 5.52. The fraction of sp³-hybridized carbons (Fsp3) is 0.333. The zero-order chi connectivity index (χ0) is 24.8. The lowest BCUT2D eigenvalue weighted by molar-refractivity contribution is -0.128. The van der Waals surface area contributed by atoms with Gasteiger partial charge in [-0.05, 0) is 42.5 Å². The molecule has 2 aromatic rings. The summed E-state index contributed by atoms with van der Waals surface area (Å²) in [4.78, 5) is 42.0. The fourth-order valence-corrected chi connectivity index (χ4v) is 3.71. The van der Waals surface area contributed by atoms with Crippen molar-refractivity contribution in [1.29, 1.82) is 5.26 Å². The average molecular weight is 467 g/mol. The molecule has 0 radical (unpaired) electrons. The van der Waals surface area contributed by atoms with E-state index in [-0.39, 0.29) is 18.5 Å². The van der Waals surface area contributed by atoms with Crippen LogP contribution in [0.3, 0.4) is 0 Å². The summed E-state index contributed by atoms with van der Waals surface area (Å²) in [6.07, 6.45) is -1.03. The third-order valence-corrected chi connectivity index (χ3v) is 5.52. The molecule has 178 valence electrons. The van der Waals surface area contributed by atoms with E-state index in [2.05, 4.69) is 0 Å². The van der Waals surface area contributed by atoms with Crippen LogP contribution in [0.1, 0.15) is 22.3 Å². The van der Waals surface area contributed by atoms with Gasteiger partial charge in [0, 0.05) is 19.8 Å². The summed E-state index contributed by atoms with van der Waals surface area (Å²) in [7, 11) is 5.76. The van der Waals surface area contributed by atoms with E-state index in [1.807, 2.05) is 6.07 Å². The summed E-state index contributed by atoms with van der Waals surface area (Å²) in [5, 5.41) is 9.00. The predicted octanol–water partition coefficient (Wildman–Crippen LogP) is 1.97. The first kappa shape index (κ1) is 24.7. The van der Waals surface area contributed by atoms with Crippen molar-refractivity contribution >= 4 is 23.4 Å². The number of ether oxygens (including phenoxy) is 4. The monoisotopic (exact) mass is 467 g/mol. The molecule has 1 saturated heterocycles. The van der Waals surface area contributed by atoms with Crippen LogP contribution in [0.4, 0.5) is 5.69 Å². The van der Waals surface area contributed by atoms with Crippen molar-refractivity contribution in [2.24, 2.45) is 0 Å². The second kappa shape index (κ2) is 10.8. The molecule has 10 nitrogen and oxygen atoms in total. The molecular weight excluding hydrogens is 442 g/mol. The normalized spacial score (nSPS) is 15.4. The zero-order valence-electron chi connectivity index (χ0n) is 19.3. The minimum atomic E-state index is -1.07. The van der Waals surface area contributed by atoms with E-state index in [0.717, 1.165) is 4.90 Å². The molecule has 1 heterocycles. The standard InChI is InChI=1S/C24H25N3O7/c1-31-19-10-7-16(11-20(19)32-2)23(29)26(14-22(33-3)34-4)18-12-21(28)27(24(18)30)17-8-5-15(13-25)6-9-17/h5-11,18,22H,12,14H2,1-4H3. The number of anilines is 1. The van der Waals surface area contributed by atoms with E-state index in [4.69, 9.17) is 24.2 Å². The van der Waals surface area contributed by atoms with Crippen LogP contribution >= 0.6 is 0 Å². The van der Waals surface area contributed by atoms with Crippen LogP contribution in [0.2, 0.25) is 0 Å². The van der Waals surface area contributed by atoms with Gasteiger partial charge in [-0.25, -0.2) is 4.90 Å². The van der Waals surface area contributed by atoms with Crippen molar-refractivity contribution in [2.45, 2.75) is 18.8 Å². The van der Waals surface area contributed by atoms with Gasteiger partial charge in [0.15, 0.2) is 17.8 Å². The Morgan fingerprint density at radius 3 is 2.26 bits per heavy atom. The van der Waals surface area contributed by atoms with Crippen LogP contribution in [0.15, 0.2) is 42.5 Å². The summed E-state index contributed by atoms with van der Waals surface area (Å²) in [6.45, 7) is -0.0922. The number of amides is 3. The predicted molar refractivity (Wildman–Crippen MR) is 120 cm³/mol. The molecule has 0 N–H and O–H groups in total. The largest absolute Gasteiger partial charge is 0.493 e. The number of carbonyl (C=O) groups is 3. The highest BCUT2D eigenvalue weighted by Crippen LogP contribution is 2.31. The fourth-order valence-electron chi connectivity index (χ4n) is 3.71. The van der Waals surface area contributed by atoms with Crippen LogP contribution in [-0.4, -0.2) is 69.9 Å². The number of rotatable bonds is 9. The van der Waals surface area contributed by atoms with Gasteiger partial charge >= 0.3 is 0 Å². The lowest BCUT2D eigenvalue weighted by Crippen LogP contribution is -2.49. The van der Waals surface area contributed by atoms with Crippen LogP contribution in [0.25, 0.3) is 0 Å². The maximum atomic E-state index is 13.5. The van der Waals surface area contributed by atoms with Crippen molar-refractivity contribution < 1.29 is 33.3 Å². The van der Waals surface area contributed by atoms with Crippen molar-refractivity contribution in [3.05, 3.63) is 53.6 Å². The minimum absolute atomic E-state index is 0.0922. The topological polar surface area (TPSA) is 118 Å². The summed E-state index contributed by atoms with van der Waals surface area (Å²) in [5.74, 6) is -0.744. The molecule has 0 aromatic heterocycles. The third kappa shape index (κ3) is 4.85. The molecule has 3 amide bonds. The van der Waals surface area contributed by atoms with Crippen LogP contribution in [-0.2, 0) is 19.1 Å². The van der Waals surface area contributed by atoms with E-state index >= 15 is 0 Å². The number of nitrogens with zero attached hydrogens (tertiary/aromatic N) is 3. The highest BCUT2D eigenvalue weighted by Gasteiger charge is 2.45. The van der Waals surface area contributed by atoms with E-state index in [1.165, 1.54) is 63.7 Å². The lowest BCUT2D eigenvalue weighted by atomic mass is 10.1. The maximum Gasteiger partial charge on any atom is 0.257 e. The molecule has 34 heavy (non-hydrogen) atoms. The summed E-state index contributed by atoms with van der Waals surface area (Å²) >= 11 is 0. The summed E-state index contributed by atoms with van der Waals surface area (Å²) < 4.78 is 21.0. The molecule has 1 unspecified atom stereocenters. The summed E-state index contributed by atoms with van der Waals surface area (Å²) in [6, 6.07) is 11.6. The number of hydrogen-bond acceptors (Lipinski definition) is 8. The van der Waals surface area contributed by atoms with Crippen molar-refractivity contribution in [3.8, 4) is 17.6 Å². The van der Waals surface area contributed by atoms with Crippen LogP contribution < -0.4 is 14.4 Å². The Balaban J connectivity index is 1.97. The van der Waals surface area contributed by atoms with Gasteiger partial charge in [-0.2, -0.15) is 5.26 Å². The highest BCUT2D eigenvalue weighted by atomic mass is 16.7. The minimum Gasteiger partial charge on any atom is -0.493 e. The number of nitriles is 1. The number of carbonyl (C=O) groups excluding carboxylic acids is 3. The Bertz CT molecular complexity index is 1110. The molecule has 0 aliphatic carbocycles. The summed E-state index contributed by atoms with van der Waals surface area (Å²) in [5.41, 5.74) is 0.957. The SMILES string of the molecule is COc1ccc(C(=O)N(CC(OC)OC)C2CC(=O)N(c3ccc(C#N)cc3)C2=O)cc1OC. The van der Waals surface area contributed by atoms with E-state index in [9.17, 15) is 14.4 Å². The van der Waals surface area contributed by atoms with Gasteiger partial charge in [0.05, 0.1) is 44.5 Å². The van der Waals surface area contributed by atoms with Gasteiger partial charge in [-0.3, -0.25) is 14.4 Å². The molecule has 1 atom stereocenters. The number of imide groups is 1. The van der Waals surface area contributed by atoms with Gasteiger partial charge in [0.25, 0.3) is 11.8 Å². The second-order valence-corrected chi connectivity index (χ2v) is 7.37. The highest BCUT2D eigenvalue weighted by molar-refractivity contribution is 6.23. The maximum absolute atomic E-state index is 13.5. The Morgan fingerprint density at radius 2 is 1.71 bits per heavy atom. The Hall–Kier alpha value is -3.94. The number of methoxy groups -OCH3 is 4. The zero-order valence-corrected chi connectivity index (χ0v) is 19.3. The average Bonchev–Trinajstić information content (AvgIpc) is 3.17. The Kier molecular flexibility index (Phi) is 7.83. The van der Waals surface area contributed by atoms with Crippen LogP contribution in [0.5, 0.6) is 11.5 Å². The molecule has 10 heteroatoms. The quantitative estimate of drug-likeness (QED) is 0.406. The molecule has 1 fully saturated rings. The smallest absolute Gasteiger partial charge is 0.257 e. The van der Waals surface area contributed by atoms with Gasteiger partial charge in [0.2, 0.25) is 5.91 Å². The molecule has 0 bridgehead atoms. The van der Waals surface area contributed by atoms with Crippen LogP contribution in [0, 0.1) is 11.3 Å². The second-order valence-electron chi connectivity index (χ2n) is 7.37. The van der Waals surface area contributed by atoms with Crippen molar-refractivity contribution in [1.82, 2.24) is 4.90 Å². The first-order valence-electron chi connectivity index (χ1n) is 10.3. The lowest BCUT2D eigenvalue weighted by Gasteiger charge is -2.30. The molecule has 2 aromatic carbocycles. The molecular formula is C24H25N3O7. The van der Waals surface area contributed by atoms with Gasteiger partial charge in [-0.15, -0.1) is 0 Å². The molecule has 3 rings (SSSR count). The number of hydrogen-bond donors (Lipinski definition) is 0.